The summed E-state index contributed by atoms with van der Waals surface area (Å²) in [6.07, 6.45) is 6.72. The summed E-state index contributed by atoms with van der Waals surface area (Å²) in [5.41, 5.74) is 3.23. The van der Waals surface area contributed by atoms with Gasteiger partial charge < -0.3 is 14.8 Å². The Morgan fingerprint density at radius 2 is 2.00 bits per heavy atom. The van der Waals surface area contributed by atoms with E-state index in [4.69, 9.17) is 27.5 Å². The number of ether oxygens (including phenoxy) is 2. The van der Waals surface area contributed by atoms with Gasteiger partial charge in [0.2, 0.25) is 5.91 Å². The lowest BCUT2D eigenvalue weighted by atomic mass is 10.1. The number of hydrogen-bond acceptors (Lipinski definition) is 6. The smallest absolute Gasteiger partial charge is 0.294 e. The Labute approximate surface area is 201 Å². The maximum atomic E-state index is 12.8. The van der Waals surface area contributed by atoms with Crippen LogP contribution in [0.1, 0.15) is 16.7 Å². The van der Waals surface area contributed by atoms with E-state index in [1.54, 1.807) is 18.2 Å². The molecule has 170 valence electrons. The Morgan fingerprint density at radius 3 is 2.67 bits per heavy atom. The SMILES string of the molecule is C#CCOc1c(Cl)cc(/C=C2/SC(=O)N(CC(=O)Nc3ccc(C)c(C)c3)C2=O)cc1OC. The summed E-state index contributed by atoms with van der Waals surface area (Å²) in [7, 11) is 1.44. The molecule has 0 saturated carbocycles. The summed E-state index contributed by atoms with van der Waals surface area (Å²) in [5.74, 6) is 1.92. The molecule has 9 heteroatoms. The molecule has 0 unspecified atom stereocenters. The van der Waals surface area contributed by atoms with E-state index in [1.807, 2.05) is 26.0 Å². The second-order valence-electron chi connectivity index (χ2n) is 7.14. The van der Waals surface area contributed by atoms with Gasteiger partial charge in [-0.3, -0.25) is 19.3 Å². The average Bonchev–Trinajstić information content (AvgIpc) is 3.02. The molecule has 3 rings (SSSR count). The van der Waals surface area contributed by atoms with Crippen LogP contribution < -0.4 is 14.8 Å². The third kappa shape index (κ3) is 5.69. The number of nitrogens with zero attached hydrogens (tertiary/aromatic N) is 1. The average molecular weight is 485 g/mol. The van der Waals surface area contributed by atoms with Crippen molar-refractivity contribution in [2.45, 2.75) is 13.8 Å². The van der Waals surface area contributed by atoms with Gasteiger partial charge in [0, 0.05) is 5.69 Å². The van der Waals surface area contributed by atoms with Gasteiger partial charge in [0.1, 0.15) is 13.2 Å². The topological polar surface area (TPSA) is 84.9 Å². The summed E-state index contributed by atoms with van der Waals surface area (Å²) in [6.45, 7) is 3.52. The molecule has 3 amide bonds. The van der Waals surface area contributed by atoms with E-state index >= 15 is 0 Å². The van der Waals surface area contributed by atoms with Crippen molar-refractivity contribution >= 4 is 52.2 Å². The highest BCUT2D eigenvalue weighted by molar-refractivity contribution is 8.18. The highest BCUT2D eigenvalue weighted by Crippen LogP contribution is 2.39. The number of carbonyl (C=O) groups excluding carboxylic acids is 3. The quantitative estimate of drug-likeness (QED) is 0.454. The van der Waals surface area contributed by atoms with E-state index in [-0.39, 0.29) is 22.3 Å². The minimum Gasteiger partial charge on any atom is -0.493 e. The number of imide groups is 1. The molecule has 0 aliphatic carbocycles. The van der Waals surface area contributed by atoms with Gasteiger partial charge in [-0.15, -0.1) is 6.42 Å². The van der Waals surface area contributed by atoms with Crippen LogP contribution >= 0.6 is 23.4 Å². The molecular formula is C24H21ClN2O5S. The van der Waals surface area contributed by atoms with Gasteiger partial charge in [-0.25, -0.2) is 0 Å². The van der Waals surface area contributed by atoms with Crippen molar-refractivity contribution < 1.29 is 23.9 Å². The zero-order chi connectivity index (χ0) is 24.1. The number of hydrogen-bond donors (Lipinski definition) is 1. The zero-order valence-corrected chi connectivity index (χ0v) is 19.8. The van der Waals surface area contributed by atoms with Crippen molar-refractivity contribution in [2.24, 2.45) is 0 Å². The summed E-state index contributed by atoms with van der Waals surface area (Å²) in [6, 6.07) is 8.65. The molecule has 0 radical (unpaired) electrons. The Morgan fingerprint density at radius 1 is 1.24 bits per heavy atom. The molecule has 2 aromatic carbocycles. The number of thioether (sulfide) groups is 1. The van der Waals surface area contributed by atoms with Crippen LogP contribution in [0.25, 0.3) is 6.08 Å². The third-order valence-electron chi connectivity index (χ3n) is 4.82. The van der Waals surface area contributed by atoms with Crippen LogP contribution in [-0.4, -0.2) is 42.2 Å². The molecule has 0 aromatic heterocycles. The second kappa shape index (κ2) is 10.5. The largest absolute Gasteiger partial charge is 0.493 e. The molecule has 33 heavy (non-hydrogen) atoms. The minimum absolute atomic E-state index is 0.0124. The standard InChI is InChI=1S/C24H21ClN2O5S/c1-5-8-32-22-18(25)10-16(11-19(22)31-4)12-20-23(29)27(24(30)33-20)13-21(28)26-17-7-6-14(2)15(3)9-17/h1,6-7,9-12H,8,13H2,2-4H3,(H,26,28)/b20-12+. The molecule has 7 nitrogen and oxygen atoms in total. The van der Waals surface area contributed by atoms with Gasteiger partial charge in [0.25, 0.3) is 11.1 Å². The molecule has 1 fully saturated rings. The summed E-state index contributed by atoms with van der Waals surface area (Å²) in [5, 5.41) is 2.42. The fraction of sp³-hybridized carbons (Fsp3) is 0.208. The number of benzene rings is 2. The van der Waals surface area contributed by atoms with Gasteiger partial charge in [-0.05, 0) is 72.6 Å². The fourth-order valence-corrected chi connectivity index (χ4v) is 4.14. The van der Waals surface area contributed by atoms with Gasteiger partial charge in [0.15, 0.2) is 11.5 Å². The molecule has 0 spiro atoms. The molecule has 1 heterocycles. The highest BCUT2D eigenvalue weighted by atomic mass is 35.5. The Bertz CT molecular complexity index is 1200. The number of terminal acetylenes is 1. The lowest BCUT2D eigenvalue weighted by molar-refractivity contribution is -0.127. The first-order chi connectivity index (χ1) is 15.7. The van der Waals surface area contributed by atoms with Crippen LogP contribution in [0.2, 0.25) is 5.02 Å². The van der Waals surface area contributed by atoms with Gasteiger partial charge >= 0.3 is 0 Å². The van der Waals surface area contributed by atoms with Crippen molar-refractivity contribution in [3.63, 3.8) is 0 Å². The molecule has 0 atom stereocenters. The van der Waals surface area contributed by atoms with Gasteiger partial charge in [-0.2, -0.15) is 0 Å². The van der Waals surface area contributed by atoms with E-state index in [1.165, 1.54) is 13.2 Å². The molecule has 0 bridgehead atoms. The molecule has 1 N–H and O–H groups in total. The normalized spacial score (nSPS) is 14.4. The predicted molar refractivity (Wildman–Crippen MR) is 130 cm³/mol. The first-order valence-corrected chi connectivity index (χ1v) is 11.0. The van der Waals surface area contributed by atoms with E-state index in [2.05, 4.69) is 11.2 Å². The van der Waals surface area contributed by atoms with Crippen molar-refractivity contribution in [1.29, 1.82) is 0 Å². The van der Waals surface area contributed by atoms with E-state index in [0.717, 1.165) is 27.8 Å². The highest BCUT2D eigenvalue weighted by Gasteiger charge is 2.36. The van der Waals surface area contributed by atoms with Crippen molar-refractivity contribution in [3.05, 3.63) is 56.9 Å². The number of carbonyl (C=O) groups is 3. The number of aryl methyl sites for hydroxylation is 2. The van der Waals surface area contributed by atoms with E-state index in [9.17, 15) is 14.4 Å². The monoisotopic (exact) mass is 484 g/mol. The summed E-state index contributed by atoms with van der Waals surface area (Å²) in [4.78, 5) is 38.7. The molecule has 1 saturated heterocycles. The van der Waals surface area contributed by atoms with Crippen LogP contribution in [0, 0.1) is 26.2 Å². The molecule has 1 aliphatic rings. The first kappa shape index (κ1) is 24.2. The Hall–Kier alpha value is -3.41. The van der Waals surface area contributed by atoms with Crippen LogP contribution in [0.3, 0.4) is 0 Å². The zero-order valence-electron chi connectivity index (χ0n) is 18.2. The number of nitrogens with one attached hydrogen (secondary N) is 1. The van der Waals surface area contributed by atoms with E-state index < -0.39 is 23.6 Å². The van der Waals surface area contributed by atoms with E-state index in [0.29, 0.717) is 17.0 Å². The van der Waals surface area contributed by atoms with Gasteiger partial charge in [0.05, 0.1) is 17.0 Å². The minimum atomic E-state index is -0.567. The Kier molecular flexibility index (Phi) is 7.69. The number of rotatable bonds is 7. The number of halogens is 1. The third-order valence-corrected chi connectivity index (χ3v) is 6.00. The maximum Gasteiger partial charge on any atom is 0.294 e. The fourth-order valence-electron chi connectivity index (χ4n) is 3.03. The van der Waals surface area contributed by atoms with Crippen molar-refractivity contribution in [3.8, 4) is 23.8 Å². The molecular weight excluding hydrogens is 464 g/mol. The second-order valence-corrected chi connectivity index (χ2v) is 8.54. The number of anilines is 1. The van der Waals surface area contributed by atoms with Crippen LogP contribution in [0.15, 0.2) is 35.2 Å². The van der Waals surface area contributed by atoms with Crippen molar-refractivity contribution in [1.82, 2.24) is 4.90 Å². The predicted octanol–water partition coefficient (Wildman–Crippen LogP) is 4.65. The lowest BCUT2D eigenvalue weighted by Crippen LogP contribution is -2.36. The number of amides is 3. The summed E-state index contributed by atoms with van der Waals surface area (Å²) < 4.78 is 10.7. The van der Waals surface area contributed by atoms with Gasteiger partial charge in [-0.1, -0.05) is 23.6 Å². The molecule has 1 aliphatic heterocycles. The first-order valence-electron chi connectivity index (χ1n) is 9.79. The van der Waals surface area contributed by atoms with Crippen LogP contribution in [0.4, 0.5) is 10.5 Å². The summed E-state index contributed by atoms with van der Waals surface area (Å²) >= 11 is 7.01. The Balaban J connectivity index is 1.75. The lowest BCUT2D eigenvalue weighted by Gasteiger charge is -2.13. The van der Waals surface area contributed by atoms with Crippen LogP contribution in [0.5, 0.6) is 11.5 Å². The van der Waals surface area contributed by atoms with Crippen LogP contribution in [-0.2, 0) is 9.59 Å². The van der Waals surface area contributed by atoms with Crippen molar-refractivity contribution in [2.75, 3.05) is 25.6 Å². The molecule has 2 aromatic rings. The number of methoxy groups -OCH3 is 1. The maximum absolute atomic E-state index is 12.8.